The lowest BCUT2D eigenvalue weighted by Gasteiger charge is -2.09. The fourth-order valence-corrected chi connectivity index (χ4v) is 4.65. The second-order valence-electron chi connectivity index (χ2n) is 7.52. The topological polar surface area (TPSA) is 125 Å². The molecule has 0 amide bonds. The summed E-state index contributed by atoms with van der Waals surface area (Å²) in [7, 11) is 0. The van der Waals surface area contributed by atoms with Crippen molar-refractivity contribution in [2.45, 2.75) is 13.1 Å². The lowest BCUT2D eigenvalue weighted by atomic mass is 10.0. The minimum atomic E-state index is -0.518. The number of carbonyl (C=O) groups excluding carboxylic acids is 2. The Morgan fingerprint density at radius 2 is 2.06 bits per heavy atom. The van der Waals surface area contributed by atoms with Gasteiger partial charge in [-0.3, -0.25) is 14.6 Å². The highest BCUT2D eigenvalue weighted by molar-refractivity contribution is 7.16. The number of nitrogens with one attached hydrogen (secondary N) is 1. The molecule has 5 aromatic heterocycles. The summed E-state index contributed by atoms with van der Waals surface area (Å²) in [6.07, 6.45) is 5.02. The van der Waals surface area contributed by atoms with Gasteiger partial charge in [0.1, 0.15) is 18.4 Å². The summed E-state index contributed by atoms with van der Waals surface area (Å²) in [4.78, 5) is 42.8. The molecule has 180 valence electrons. The molecule has 12 heteroatoms. The van der Waals surface area contributed by atoms with E-state index in [0.29, 0.717) is 39.9 Å². The summed E-state index contributed by atoms with van der Waals surface area (Å²) in [5.74, 6) is -0.137. The molecule has 0 unspecified atom stereocenters. The third kappa shape index (κ3) is 4.61. The van der Waals surface area contributed by atoms with Crippen LogP contribution in [-0.2, 0) is 17.9 Å². The first kappa shape index (κ1) is 23.4. The first-order valence-corrected chi connectivity index (χ1v) is 11.9. The van der Waals surface area contributed by atoms with Gasteiger partial charge in [-0.05, 0) is 30.3 Å². The third-order valence-corrected chi connectivity index (χ3v) is 6.50. The Hall–Kier alpha value is -4.35. The van der Waals surface area contributed by atoms with Crippen LogP contribution in [0.4, 0.5) is 5.82 Å². The molecule has 0 aliphatic heterocycles. The van der Waals surface area contributed by atoms with Crippen LogP contribution >= 0.6 is 22.9 Å². The van der Waals surface area contributed by atoms with Crippen LogP contribution in [0.5, 0.6) is 0 Å². The lowest BCUT2D eigenvalue weighted by molar-refractivity contribution is -0.108. The molecule has 5 heterocycles. The molecule has 0 radical (unpaired) electrons. The van der Waals surface area contributed by atoms with Gasteiger partial charge in [0.15, 0.2) is 5.69 Å². The van der Waals surface area contributed by atoms with Crippen molar-refractivity contribution < 1.29 is 14.1 Å². The van der Waals surface area contributed by atoms with Crippen LogP contribution in [0.25, 0.3) is 22.5 Å². The number of thiophene rings is 1. The monoisotopic (exact) mass is 520 g/mol. The van der Waals surface area contributed by atoms with Gasteiger partial charge in [-0.2, -0.15) is 9.78 Å². The first-order chi connectivity index (χ1) is 17.5. The maximum atomic E-state index is 13.3. The second kappa shape index (κ2) is 10.1. The van der Waals surface area contributed by atoms with E-state index in [4.69, 9.17) is 16.1 Å². The van der Waals surface area contributed by atoms with Gasteiger partial charge in [0.25, 0.3) is 5.56 Å². The highest BCUT2D eigenvalue weighted by Crippen LogP contribution is 2.30. The molecular formula is C24H17ClN6O4S. The molecule has 0 saturated heterocycles. The Morgan fingerprint density at radius 1 is 1.17 bits per heavy atom. The largest absolute Gasteiger partial charge is 0.365 e. The van der Waals surface area contributed by atoms with E-state index in [-0.39, 0.29) is 17.8 Å². The number of nitrogens with zero attached hydrogens (tertiary/aromatic N) is 5. The highest BCUT2D eigenvalue weighted by Gasteiger charge is 2.23. The molecule has 5 aromatic rings. The molecule has 0 fully saturated rings. The zero-order valence-corrected chi connectivity index (χ0v) is 20.1. The van der Waals surface area contributed by atoms with Crippen molar-refractivity contribution in [3.8, 4) is 22.5 Å². The van der Waals surface area contributed by atoms with Crippen LogP contribution < -0.4 is 10.9 Å². The predicted molar refractivity (Wildman–Crippen MR) is 134 cm³/mol. The summed E-state index contributed by atoms with van der Waals surface area (Å²) in [6, 6.07) is 13.6. The highest BCUT2D eigenvalue weighted by atomic mass is 35.5. The number of anilines is 1. The molecule has 0 atom stereocenters. The number of carbonyl (C=O) groups is 2. The SMILES string of the molecule is O=CCn1ccc(-c2cc(NCc3ccc(Cl)s3)n(C(=O)c3ccon3)n2)c(-c2ccccn2)c1=O. The smallest absolute Gasteiger partial charge is 0.302 e. The number of aromatic nitrogens is 5. The van der Waals surface area contributed by atoms with Crippen LogP contribution in [-0.4, -0.2) is 36.7 Å². The average molecular weight is 521 g/mol. The van der Waals surface area contributed by atoms with E-state index >= 15 is 0 Å². The Kier molecular flexibility index (Phi) is 6.56. The van der Waals surface area contributed by atoms with E-state index in [1.165, 1.54) is 39.1 Å². The van der Waals surface area contributed by atoms with Crippen LogP contribution in [0, 0.1) is 0 Å². The van der Waals surface area contributed by atoms with E-state index in [1.807, 2.05) is 6.07 Å². The van der Waals surface area contributed by atoms with E-state index in [2.05, 4.69) is 20.6 Å². The van der Waals surface area contributed by atoms with E-state index in [1.54, 1.807) is 42.6 Å². The normalized spacial score (nSPS) is 10.9. The van der Waals surface area contributed by atoms with E-state index in [9.17, 15) is 14.4 Å². The average Bonchev–Trinajstić information content (AvgIpc) is 3.65. The Balaban J connectivity index is 1.63. The number of halogens is 1. The zero-order valence-electron chi connectivity index (χ0n) is 18.5. The summed E-state index contributed by atoms with van der Waals surface area (Å²) >= 11 is 7.45. The summed E-state index contributed by atoms with van der Waals surface area (Å²) in [5, 5.41) is 11.4. The van der Waals surface area contributed by atoms with Gasteiger partial charge >= 0.3 is 5.91 Å². The van der Waals surface area contributed by atoms with Crippen molar-refractivity contribution in [3.63, 3.8) is 0 Å². The van der Waals surface area contributed by atoms with Gasteiger partial charge in [0, 0.05) is 35.0 Å². The van der Waals surface area contributed by atoms with Crippen molar-refractivity contribution in [2.24, 2.45) is 0 Å². The quantitative estimate of drug-likeness (QED) is 0.305. The van der Waals surface area contributed by atoms with Crippen molar-refractivity contribution in [2.75, 3.05) is 5.32 Å². The molecule has 5 rings (SSSR count). The fourth-order valence-electron chi connectivity index (χ4n) is 3.62. The number of aldehydes is 1. The van der Waals surface area contributed by atoms with Gasteiger partial charge in [-0.25, -0.2) is 0 Å². The molecule has 0 saturated carbocycles. The van der Waals surface area contributed by atoms with Crippen LogP contribution in [0.2, 0.25) is 4.34 Å². The first-order valence-electron chi connectivity index (χ1n) is 10.7. The zero-order chi connectivity index (χ0) is 25.1. The van der Waals surface area contributed by atoms with Crippen molar-refractivity contribution >= 4 is 40.9 Å². The molecule has 0 aliphatic rings. The molecule has 0 aliphatic carbocycles. The third-order valence-electron chi connectivity index (χ3n) is 5.26. The van der Waals surface area contributed by atoms with Crippen molar-refractivity contribution in [1.82, 2.24) is 24.5 Å². The molecule has 0 spiro atoms. The van der Waals surface area contributed by atoms with E-state index in [0.717, 1.165) is 4.88 Å². The molecule has 1 N–H and O–H groups in total. The number of hydrogen-bond donors (Lipinski definition) is 1. The lowest BCUT2D eigenvalue weighted by Crippen LogP contribution is -2.23. The van der Waals surface area contributed by atoms with Crippen molar-refractivity contribution in [1.29, 1.82) is 0 Å². The fraction of sp³-hybridized carbons (Fsp3) is 0.0833. The van der Waals surface area contributed by atoms with Crippen LogP contribution in [0.1, 0.15) is 15.4 Å². The van der Waals surface area contributed by atoms with Crippen LogP contribution in [0.15, 0.2) is 76.5 Å². The summed E-state index contributed by atoms with van der Waals surface area (Å²) < 4.78 is 7.93. The number of pyridine rings is 2. The Morgan fingerprint density at radius 3 is 2.75 bits per heavy atom. The summed E-state index contributed by atoms with van der Waals surface area (Å²) in [5.41, 5.74) is 1.15. The molecule has 36 heavy (non-hydrogen) atoms. The second-order valence-corrected chi connectivity index (χ2v) is 9.32. The van der Waals surface area contributed by atoms with Crippen LogP contribution in [0.3, 0.4) is 0 Å². The molecule has 10 nitrogen and oxygen atoms in total. The molecule has 0 aromatic carbocycles. The molecule has 0 bridgehead atoms. The van der Waals surface area contributed by atoms with Gasteiger partial charge in [0.2, 0.25) is 0 Å². The van der Waals surface area contributed by atoms with Gasteiger partial charge in [-0.15, -0.1) is 11.3 Å². The molecular weight excluding hydrogens is 504 g/mol. The Bertz CT molecular complexity index is 1590. The summed E-state index contributed by atoms with van der Waals surface area (Å²) in [6.45, 7) is 0.289. The van der Waals surface area contributed by atoms with Gasteiger partial charge in [-0.1, -0.05) is 22.8 Å². The maximum Gasteiger partial charge on any atom is 0.302 e. The van der Waals surface area contributed by atoms with E-state index < -0.39 is 11.5 Å². The number of hydrogen-bond acceptors (Lipinski definition) is 9. The standard InChI is InChI=1S/C24H17ClN6O4S/c25-20-5-4-15(36-20)14-27-21-13-19(28-31(21)23(33)18-7-12-35-29-18)16-6-9-30(10-11-32)24(34)22(16)17-3-1-2-8-26-17/h1-9,11-13,27H,10,14H2. The number of rotatable bonds is 8. The minimum Gasteiger partial charge on any atom is -0.365 e. The van der Waals surface area contributed by atoms with Crippen molar-refractivity contribution in [3.05, 3.63) is 92.4 Å². The predicted octanol–water partition coefficient (Wildman–Crippen LogP) is 3.98. The van der Waals surface area contributed by atoms with Gasteiger partial charge < -0.3 is 19.2 Å². The maximum absolute atomic E-state index is 13.3. The Labute approximate surface area is 212 Å². The minimum absolute atomic E-state index is 0.0678. The van der Waals surface area contributed by atoms with Gasteiger partial charge in [0.05, 0.1) is 34.4 Å².